The van der Waals surface area contributed by atoms with Gasteiger partial charge in [0.05, 0.1) is 6.54 Å². The minimum atomic E-state index is -0.958. The molecule has 1 aromatic carbocycles. The summed E-state index contributed by atoms with van der Waals surface area (Å²) in [5.41, 5.74) is 1.37. The zero-order valence-corrected chi connectivity index (χ0v) is 14.9. The number of amides is 1. The van der Waals surface area contributed by atoms with Gasteiger partial charge in [-0.05, 0) is 55.8 Å². The Morgan fingerprint density at radius 2 is 1.96 bits per heavy atom. The fraction of sp³-hybridized carbons (Fsp3) is 0.556. The molecule has 1 aromatic rings. The summed E-state index contributed by atoms with van der Waals surface area (Å²) in [5.74, 6) is 0.125. The lowest BCUT2D eigenvalue weighted by Crippen LogP contribution is -2.47. The van der Waals surface area contributed by atoms with Gasteiger partial charge in [0.25, 0.3) is 0 Å². The molecule has 0 unspecified atom stereocenters. The Morgan fingerprint density at radius 3 is 2.54 bits per heavy atom. The molecule has 1 aliphatic heterocycles. The van der Waals surface area contributed by atoms with Crippen molar-refractivity contribution < 1.29 is 14.7 Å². The van der Waals surface area contributed by atoms with E-state index in [1.807, 2.05) is 12.3 Å². The van der Waals surface area contributed by atoms with Gasteiger partial charge in [0.15, 0.2) is 0 Å². The topological polar surface area (TPSA) is 69.6 Å². The molecule has 1 fully saturated rings. The quantitative estimate of drug-likeness (QED) is 0.752. The van der Waals surface area contributed by atoms with Crippen LogP contribution in [0.1, 0.15) is 30.7 Å². The number of rotatable bonds is 8. The van der Waals surface area contributed by atoms with Crippen LogP contribution in [0.15, 0.2) is 30.3 Å². The number of aliphatic carboxylic acids is 1. The highest BCUT2D eigenvalue weighted by molar-refractivity contribution is 7.98. The van der Waals surface area contributed by atoms with Crippen LogP contribution in [0.2, 0.25) is 0 Å². The van der Waals surface area contributed by atoms with Crippen molar-refractivity contribution in [2.75, 3.05) is 31.6 Å². The van der Waals surface area contributed by atoms with E-state index < -0.39 is 12.0 Å². The summed E-state index contributed by atoms with van der Waals surface area (Å²) in [6, 6.07) is 9.70. The molecule has 1 amide bonds. The van der Waals surface area contributed by atoms with Crippen LogP contribution in [0, 0.1) is 0 Å². The van der Waals surface area contributed by atoms with Gasteiger partial charge in [0, 0.05) is 0 Å². The number of benzene rings is 1. The second-order valence-corrected chi connectivity index (χ2v) is 7.19. The Labute approximate surface area is 147 Å². The number of likely N-dealkylation sites (tertiary alicyclic amines) is 1. The van der Waals surface area contributed by atoms with Crippen molar-refractivity contribution in [1.82, 2.24) is 10.2 Å². The average molecular weight is 350 g/mol. The number of nitrogens with one attached hydrogen (secondary N) is 1. The highest BCUT2D eigenvalue weighted by atomic mass is 32.2. The zero-order chi connectivity index (χ0) is 17.4. The highest BCUT2D eigenvalue weighted by Crippen LogP contribution is 2.27. The van der Waals surface area contributed by atoms with Crippen molar-refractivity contribution in [3.05, 3.63) is 35.9 Å². The Kier molecular flexibility index (Phi) is 7.59. The van der Waals surface area contributed by atoms with Gasteiger partial charge < -0.3 is 10.4 Å². The summed E-state index contributed by atoms with van der Waals surface area (Å²) >= 11 is 1.58. The second kappa shape index (κ2) is 9.69. The first kappa shape index (κ1) is 18.8. The van der Waals surface area contributed by atoms with Gasteiger partial charge in [0.1, 0.15) is 6.04 Å². The first-order valence-corrected chi connectivity index (χ1v) is 9.78. The van der Waals surface area contributed by atoms with Crippen LogP contribution in [0.4, 0.5) is 0 Å². The van der Waals surface area contributed by atoms with Gasteiger partial charge in [-0.3, -0.25) is 9.69 Å². The van der Waals surface area contributed by atoms with E-state index in [0.717, 1.165) is 31.7 Å². The first-order chi connectivity index (χ1) is 11.6. The van der Waals surface area contributed by atoms with Crippen LogP contribution in [-0.4, -0.2) is 59.6 Å². The summed E-state index contributed by atoms with van der Waals surface area (Å²) in [5, 5.41) is 11.8. The van der Waals surface area contributed by atoms with Gasteiger partial charge in [0.2, 0.25) is 5.91 Å². The standard InChI is InChI=1S/C18H26N2O3S/c1-24-12-9-16(18(22)23)19-17(21)13-20-10-7-15(8-11-20)14-5-3-2-4-6-14/h2-6,15-16H,7-13H2,1H3,(H,19,21)(H,22,23)/t16-/m0/s1. The SMILES string of the molecule is CSCC[C@H](NC(=O)CN1CCC(c2ccccc2)CC1)C(=O)O. The van der Waals surface area contributed by atoms with E-state index in [1.54, 1.807) is 11.8 Å². The molecule has 2 rings (SSSR count). The van der Waals surface area contributed by atoms with Crippen molar-refractivity contribution in [2.45, 2.75) is 31.2 Å². The molecule has 0 spiro atoms. The molecule has 0 aliphatic carbocycles. The number of hydrogen-bond acceptors (Lipinski definition) is 4. The number of nitrogens with zero attached hydrogens (tertiary/aromatic N) is 1. The van der Waals surface area contributed by atoms with E-state index in [0.29, 0.717) is 12.3 Å². The van der Waals surface area contributed by atoms with Crippen molar-refractivity contribution in [3.8, 4) is 0 Å². The van der Waals surface area contributed by atoms with E-state index in [1.165, 1.54) is 5.56 Å². The first-order valence-electron chi connectivity index (χ1n) is 8.38. The van der Waals surface area contributed by atoms with Crippen molar-refractivity contribution in [1.29, 1.82) is 0 Å². The van der Waals surface area contributed by atoms with Crippen molar-refractivity contribution in [3.63, 3.8) is 0 Å². The van der Waals surface area contributed by atoms with E-state index in [2.05, 4.69) is 34.5 Å². The maximum Gasteiger partial charge on any atom is 0.326 e. The van der Waals surface area contributed by atoms with Crippen LogP contribution >= 0.6 is 11.8 Å². The van der Waals surface area contributed by atoms with Crippen molar-refractivity contribution >= 4 is 23.6 Å². The maximum atomic E-state index is 12.1. The molecule has 6 heteroatoms. The number of carboxylic acids is 1. The van der Waals surface area contributed by atoms with Crippen LogP contribution < -0.4 is 5.32 Å². The molecule has 132 valence electrons. The van der Waals surface area contributed by atoms with E-state index in [9.17, 15) is 14.7 Å². The lowest BCUT2D eigenvalue weighted by Gasteiger charge is -2.32. The van der Waals surface area contributed by atoms with Gasteiger partial charge in [-0.15, -0.1) is 0 Å². The summed E-state index contributed by atoms with van der Waals surface area (Å²) < 4.78 is 0. The number of piperidine rings is 1. The predicted octanol–water partition coefficient (Wildman–Crippen LogP) is 2.19. The number of carbonyl (C=O) groups is 2. The van der Waals surface area contributed by atoms with Crippen LogP contribution in [0.3, 0.4) is 0 Å². The van der Waals surface area contributed by atoms with Gasteiger partial charge in [-0.1, -0.05) is 30.3 Å². The minimum Gasteiger partial charge on any atom is -0.480 e. The van der Waals surface area contributed by atoms with Gasteiger partial charge >= 0.3 is 5.97 Å². The third-order valence-electron chi connectivity index (χ3n) is 4.47. The Bertz CT molecular complexity index is 530. The number of thioether (sulfide) groups is 1. The third kappa shape index (κ3) is 5.83. The molecule has 2 N–H and O–H groups in total. The third-order valence-corrected chi connectivity index (χ3v) is 5.11. The Balaban J connectivity index is 1.76. The summed E-state index contributed by atoms with van der Waals surface area (Å²) in [4.78, 5) is 25.4. The molecule has 24 heavy (non-hydrogen) atoms. The number of carboxylic acid groups (broad SMARTS) is 1. The number of hydrogen-bond donors (Lipinski definition) is 2. The largest absolute Gasteiger partial charge is 0.480 e. The second-order valence-electron chi connectivity index (χ2n) is 6.20. The monoisotopic (exact) mass is 350 g/mol. The molecule has 1 aliphatic rings. The molecule has 5 nitrogen and oxygen atoms in total. The molecule has 0 aromatic heterocycles. The number of carbonyl (C=O) groups excluding carboxylic acids is 1. The molecular formula is C18H26N2O3S. The maximum absolute atomic E-state index is 12.1. The summed E-state index contributed by atoms with van der Waals surface area (Å²) in [6.45, 7) is 2.02. The molecule has 1 saturated heterocycles. The Morgan fingerprint density at radius 1 is 1.29 bits per heavy atom. The lowest BCUT2D eigenvalue weighted by molar-refractivity contribution is -0.142. The summed E-state index contributed by atoms with van der Waals surface area (Å²) in [6.07, 6.45) is 4.45. The van der Waals surface area contributed by atoms with E-state index in [-0.39, 0.29) is 12.5 Å². The predicted molar refractivity (Wildman–Crippen MR) is 97.4 cm³/mol. The van der Waals surface area contributed by atoms with Gasteiger partial charge in [-0.25, -0.2) is 4.79 Å². The van der Waals surface area contributed by atoms with E-state index >= 15 is 0 Å². The molecular weight excluding hydrogens is 324 g/mol. The van der Waals surface area contributed by atoms with Crippen LogP contribution in [-0.2, 0) is 9.59 Å². The van der Waals surface area contributed by atoms with Gasteiger partial charge in [-0.2, -0.15) is 11.8 Å². The fourth-order valence-corrected chi connectivity index (χ4v) is 3.56. The van der Waals surface area contributed by atoms with E-state index in [4.69, 9.17) is 0 Å². The minimum absolute atomic E-state index is 0.193. The smallest absolute Gasteiger partial charge is 0.326 e. The molecule has 1 heterocycles. The zero-order valence-electron chi connectivity index (χ0n) is 14.1. The fourth-order valence-electron chi connectivity index (χ4n) is 3.09. The average Bonchev–Trinajstić information content (AvgIpc) is 2.59. The molecule has 1 atom stereocenters. The molecule has 0 bridgehead atoms. The molecule has 0 radical (unpaired) electrons. The van der Waals surface area contributed by atoms with Crippen molar-refractivity contribution in [2.24, 2.45) is 0 Å². The van der Waals surface area contributed by atoms with Crippen LogP contribution in [0.25, 0.3) is 0 Å². The normalized spacial score (nSPS) is 17.4. The Hall–Kier alpha value is -1.53. The summed E-state index contributed by atoms with van der Waals surface area (Å²) in [7, 11) is 0. The lowest BCUT2D eigenvalue weighted by atomic mass is 9.89. The highest BCUT2D eigenvalue weighted by Gasteiger charge is 2.24. The molecule has 0 saturated carbocycles. The van der Waals surface area contributed by atoms with Crippen LogP contribution in [0.5, 0.6) is 0 Å².